The molecule has 0 saturated heterocycles. The number of hydrogen-bond donors (Lipinski definition) is 0. The molecule has 264 valence electrons. The Morgan fingerprint density at radius 1 is 0.333 bits per heavy atom. The van der Waals surface area contributed by atoms with Crippen LogP contribution in [0.15, 0.2) is 0 Å². The van der Waals surface area contributed by atoms with Crippen LogP contribution in [0.3, 0.4) is 0 Å². The summed E-state index contributed by atoms with van der Waals surface area (Å²) >= 11 is 0. The number of unbranched alkanes of at least 4 members (excludes halogenated alkanes) is 18. The minimum absolute atomic E-state index is 0. The van der Waals surface area contributed by atoms with E-state index in [1.54, 1.807) is 0 Å². The minimum atomic E-state index is -0.794. The van der Waals surface area contributed by atoms with Gasteiger partial charge in [-0.1, -0.05) is 196 Å². The first-order chi connectivity index (χ1) is 21.3. The molecule has 0 rings (SSSR count). The summed E-state index contributed by atoms with van der Waals surface area (Å²) in [6.45, 7) is 13.0. The van der Waals surface area contributed by atoms with E-state index in [1.807, 2.05) is 0 Å². The molecule has 5 heteroatoms. The topological polar surface area (TPSA) is 80.3 Å². The Balaban J connectivity index is -0.000000767. The van der Waals surface area contributed by atoms with Gasteiger partial charge in [0.25, 0.3) is 0 Å². The van der Waals surface area contributed by atoms with Crippen LogP contribution < -0.4 is 10.2 Å². The molecule has 0 radical (unpaired) electrons. The van der Waals surface area contributed by atoms with Crippen molar-refractivity contribution in [3.63, 3.8) is 0 Å². The van der Waals surface area contributed by atoms with Crippen molar-refractivity contribution in [2.45, 2.75) is 234 Å². The van der Waals surface area contributed by atoms with E-state index in [0.717, 1.165) is 103 Å². The van der Waals surface area contributed by atoms with Crippen LogP contribution in [0, 0.1) is 10.8 Å². The second kappa shape index (κ2) is 34.9. The summed E-state index contributed by atoms with van der Waals surface area (Å²) in [4.78, 5) is 23.5. The van der Waals surface area contributed by atoms with Gasteiger partial charge >= 0.3 is 19.5 Å². The molecule has 0 aromatic rings. The zero-order chi connectivity index (χ0) is 33.4. The van der Waals surface area contributed by atoms with E-state index in [9.17, 15) is 19.8 Å². The molecule has 0 amide bonds. The van der Waals surface area contributed by atoms with E-state index in [0.29, 0.717) is 0 Å². The molecule has 45 heavy (non-hydrogen) atoms. The van der Waals surface area contributed by atoms with Crippen LogP contribution in [0.5, 0.6) is 0 Å². The summed E-state index contributed by atoms with van der Waals surface area (Å²) in [6, 6.07) is 0. The molecule has 0 spiro atoms. The van der Waals surface area contributed by atoms with E-state index < -0.39 is 22.8 Å². The minimum Gasteiger partial charge on any atom is -0.550 e. The second-order valence-electron chi connectivity index (χ2n) is 14.0. The van der Waals surface area contributed by atoms with Crippen molar-refractivity contribution < 1.29 is 39.3 Å². The number of carbonyl (C=O) groups excluding carboxylic acids is 2. The third-order valence-electron chi connectivity index (χ3n) is 9.92. The summed E-state index contributed by atoms with van der Waals surface area (Å²) in [5.74, 6) is -1.59. The molecule has 0 unspecified atom stereocenters. The average molecular weight is 688 g/mol. The Labute approximate surface area is 295 Å². The molecule has 4 nitrogen and oxygen atoms in total. The Hall–Kier alpha value is -0.437. The molecule has 0 aromatic carbocycles. The van der Waals surface area contributed by atoms with Crippen molar-refractivity contribution in [2.24, 2.45) is 10.8 Å². The molecule has 0 aliphatic rings. The van der Waals surface area contributed by atoms with Crippen LogP contribution in [-0.2, 0) is 29.1 Å². The van der Waals surface area contributed by atoms with Gasteiger partial charge in [0.15, 0.2) is 0 Å². The Morgan fingerprint density at radius 2 is 0.511 bits per heavy atom. The zero-order valence-electron chi connectivity index (χ0n) is 31.6. The molecule has 0 fully saturated rings. The van der Waals surface area contributed by atoms with Gasteiger partial charge in [0.1, 0.15) is 0 Å². The maximum atomic E-state index is 11.8. The quantitative estimate of drug-likeness (QED) is 0.0520. The van der Waals surface area contributed by atoms with Crippen molar-refractivity contribution >= 4 is 11.9 Å². The van der Waals surface area contributed by atoms with Gasteiger partial charge in [-0.2, -0.15) is 0 Å². The molecular weight excluding hydrogens is 610 g/mol. The SMILES string of the molecule is CCCCCCCCCCC(CCCC)(CCCC)C(=O)[O-].CCCCCCCCCCC(CCCC)(CCCC)C(=O)[O-].[Zn+2]. The fourth-order valence-corrected chi connectivity index (χ4v) is 6.62. The number of rotatable bonds is 32. The van der Waals surface area contributed by atoms with E-state index in [1.165, 1.54) is 89.9 Å². The molecule has 0 bridgehead atoms. The van der Waals surface area contributed by atoms with Gasteiger partial charge < -0.3 is 19.8 Å². The van der Waals surface area contributed by atoms with E-state index in [-0.39, 0.29) is 19.5 Å². The van der Waals surface area contributed by atoms with Crippen LogP contribution in [0.1, 0.15) is 234 Å². The van der Waals surface area contributed by atoms with Crippen LogP contribution in [0.2, 0.25) is 0 Å². The molecule has 0 atom stereocenters. The van der Waals surface area contributed by atoms with E-state index in [2.05, 4.69) is 41.5 Å². The fraction of sp³-hybridized carbons (Fsp3) is 0.950. The molecule has 0 heterocycles. The zero-order valence-corrected chi connectivity index (χ0v) is 34.5. The van der Waals surface area contributed by atoms with Crippen molar-refractivity contribution in [2.75, 3.05) is 0 Å². The van der Waals surface area contributed by atoms with Crippen molar-refractivity contribution in [3.8, 4) is 0 Å². The maximum absolute atomic E-state index is 11.8. The first-order valence-corrected chi connectivity index (χ1v) is 19.7. The van der Waals surface area contributed by atoms with Crippen LogP contribution >= 0.6 is 0 Å². The predicted molar refractivity (Wildman–Crippen MR) is 187 cm³/mol. The van der Waals surface area contributed by atoms with Crippen LogP contribution in [0.25, 0.3) is 0 Å². The fourth-order valence-electron chi connectivity index (χ4n) is 6.62. The Kier molecular flexibility index (Phi) is 38.0. The number of carboxylic acids is 2. The van der Waals surface area contributed by atoms with Gasteiger partial charge in [0, 0.05) is 22.8 Å². The molecule has 0 aliphatic heterocycles. The standard InChI is InChI=1S/2C20H40O2.Zn/c2*1-4-7-10-11-12-13-14-15-18-20(19(21)22,16-8-5-2)17-9-6-3;/h2*4-18H2,1-3H3,(H,21,22);/q;;+2/p-2. The number of carboxylic acid groups (broad SMARTS) is 2. The summed E-state index contributed by atoms with van der Waals surface area (Å²) in [5, 5.41) is 23.5. The summed E-state index contributed by atoms with van der Waals surface area (Å²) in [6.07, 6.45) is 33.5. The Bertz CT molecular complexity index is 566. The molecule has 0 saturated carbocycles. The average Bonchev–Trinajstić information content (AvgIpc) is 3.01. The van der Waals surface area contributed by atoms with E-state index in [4.69, 9.17) is 0 Å². The molecule has 0 aromatic heterocycles. The first-order valence-electron chi connectivity index (χ1n) is 19.7. The van der Waals surface area contributed by atoms with Gasteiger partial charge in [0.2, 0.25) is 0 Å². The predicted octanol–water partition coefficient (Wildman–Crippen LogP) is 11.3. The normalized spacial score (nSPS) is 11.5. The third-order valence-corrected chi connectivity index (χ3v) is 9.92. The number of aliphatic carboxylic acids is 2. The molecular formula is C40H78O4Zn. The summed E-state index contributed by atoms with van der Waals surface area (Å²) in [5.41, 5.74) is -1.09. The first kappa shape index (κ1) is 49.0. The second-order valence-corrected chi connectivity index (χ2v) is 14.0. The maximum Gasteiger partial charge on any atom is 2.00 e. The number of hydrogen-bond acceptors (Lipinski definition) is 4. The van der Waals surface area contributed by atoms with Gasteiger partial charge in [-0.25, -0.2) is 0 Å². The van der Waals surface area contributed by atoms with Gasteiger partial charge in [-0.3, -0.25) is 0 Å². The van der Waals surface area contributed by atoms with Gasteiger partial charge in [0.05, 0.1) is 0 Å². The van der Waals surface area contributed by atoms with Crippen LogP contribution in [0.4, 0.5) is 0 Å². The van der Waals surface area contributed by atoms with Crippen molar-refractivity contribution in [1.29, 1.82) is 0 Å². The van der Waals surface area contributed by atoms with Crippen LogP contribution in [-0.4, -0.2) is 11.9 Å². The molecule has 0 N–H and O–H groups in total. The van der Waals surface area contributed by atoms with Gasteiger partial charge in [-0.05, 0) is 38.5 Å². The number of carbonyl (C=O) groups is 2. The smallest absolute Gasteiger partial charge is 0.550 e. The van der Waals surface area contributed by atoms with Crippen molar-refractivity contribution in [1.82, 2.24) is 0 Å². The van der Waals surface area contributed by atoms with Gasteiger partial charge in [-0.15, -0.1) is 0 Å². The Morgan fingerprint density at radius 3 is 0.711 bits per heavy atom. The van der Waals surface area contributed by atoms with Crippen molar-refractivity contribution in [3.05, 3.63) is 0 Å². The third kappa shape index (κ3) is 26.2. The van der Waals surface area contributed by atoms with E-state index >= 15 is 0 Å². The largest absolute Gasteiger partial charge is 2.00 e. The summed E-state index contributed by atoms with van der Waals surface area (Å²) in [7, 11) is 0. The summed E-state index contributed by atoms with van der Waals surface area (Å²) < 4.78 is 0. The molecule has 0 aliphatic carbocycles. The monoisotopic (exact) mass is 687 g/mol.